The van der Waals surface area contributed by atoms with Crippen LogP contribution in [0.4, 0.5) is 5.82 Å². The molecule has 16 heavy (non-hydrogen) atoms. The number of hydrogen-bond acceptors (Lipinski definition) is 5. The largest absolute Gasteiger partial charge is 0.354 e. The lowest BCUT2D eigenvalue weighted by Gasteiger charge is -2.22. The van der Waals surface area contributed by atoms with Gasteiger partial charge < -0.3 is 4.90 Å². The number of alkyl halides is 1. The second-order valence-corrected chi connectivity index (χ2v) is 3.77. The van der Waals surface area contributed by atoms with Crippen molar-refractivity contribution in [2.24, 2.45) is 0 Å². The Morgan fingerprint density at radius 3 is 3.00 bits per heavy atom. The van der Waals surface area contributed by atoms with Crippen LogP contribution in [0.5, 0.6) is 0 Å². The van der Waals surface area contributed by atoms with Gasteiger partial charge in [0.1, 0.15) is 0 Å². The molecular weight excluding hydrogens is 228 g/mol. The number of fused-ring (bicyclic) bond motifs is 1. The topological polar surface area (TPSA) is 59.2 Å². The van der Waals surface area contributed by atoms with Crippen molar-refractivity contribution < 1.29 is 0 Å². The number of halogens is 1. The summed E-state index contributed by atoms with van der Waals surface area (Å²) in [5, 5.41) is 11.4. The number of nitrogens with zero attached hydrogens (tertiary/aromatic N) is 6. The Balaban J connectivity index is 2.38. The molecule has 2 rings (SSSR count). The Morgan fingerprint density at radius 2 is 2.25 bits per heavy atom. The molecule has 6 nitrogen and oxygen atoms in total. The zero-order valence-electron chi connectivity index (χ0n) is 9.04. The summed E-state index contributed by atoms with van der Waals surface area (Å²) in [5.74, 6) is 1.45. The molecule has 0 fully saturated rings. The number of anilines is 1. The van der Waals surface area contributed by atoms with Gasteiger partial charge in [0.2, 0.25) is 0 Å². The molecule has 0 saturated heterocycles. The average Bonchev–Trinajstić information content (AvgIpc) is 2.76. The van der Waals surface area contributed by atoms with Gasteiger partial charge in [0.25, 0.3) is 0 Å². The number of tetrazole rings is 1. The normalized spacial score (nSPS) is 10.9. The maximum atomic E-state index is 5.78. The first kappa shape index (κ1) is 11.1. The highest BCUT2D eigenvalue weighted by Gasteiger charge is 2.11. The quantitative estimate of drug-likeness (QED) is 0.729. The molecule has 0 aromatic carbocycles. The Hall–Kier alpha value is -1.43. The molecule has 2 heterocycles. The first-order valence-corrected chi connectivity index (χ1v) is 5.73. The van der Waals surface area contributed by atoms with Crippen molar-refractivity contribution >= 4 is 23.1 Å². The summed E-state index contributed by atoms with van der Waals surface area (Å²) in [7, 11) is 0. The fourth-order valence-corrected chi connectivity index (χ4v) is 1.80. The molecule has 0 unspecified atom stereocenters. The standard InChI is InChI=1S/C9H13ClN6/c1-2-4-15(5-3-10)9-7-11-6-8-12-13-14-16(8)9/h6-7H,2-5H2,1H3. The van der Waals surface area contributed by atoms with Crippen molar-refractivity contribution in [2.75, 3.05) is 23.9 Å². The van der Waals surface area contributed by atoms with E-state index in [0.717, 1.165) is 25.3 Å². The summed E-state index contributed by atoms with van der Waals surface area (Å²) < 4.78 is 1.68. The van der Waals surface area contributed by atoms with E-state index in [1.54, 1.807) is 16.9 Å². The molecule has 7 heteroatoms. The smallest absolute Gasteiger partial charge is 0.199 e. The first-order valence-electron chi connectivity index (χ1n) is 5.19. The van der Waals surface area contributed by atoms with E-state index in [1.807, 2.05) is 0 Å². The maximum Gasteiger partial charge on any atom is 0.199 e. The van der Waals surface area contributed by atoms with E-state index in [2.05, 4.69) is 32.3 Å². The molecule has 0 radical (unpaired) electrons. The van der Waals surface area contributed by atoms with Crippen molar-refractivity contribution in [1.82, 2.24) is 25.0 Å². The lowest BCUT2D eigenvalue weighted by Crippen LogP contribution is -2.28. The van der Waals surface area contributed by atoms with Crippen LogP contribution in [0.1, 0.15) is 13.3 Å². The van der Waals surface area contributed by atoms with E-state index in [0.29, 0.717) is 11.5 Å². The zero-order chi connectivity index (χ0) is 11.4. The van der Waals surface area contributed by atoms with Crippen LogP contribution in [0.15, 0.2) is 12.4 Å². The summed E-state index contributed by atoms with van der Waals surface area (Å²) in [6.45, 7) is 3.79. The van der Waals surface area contributed by atoms with Gasteiger partial charge in [0.05, 0.1) is 12.4 Å². The predicted octanol–water partition coefficient (Wildman–Crippen LogP) is 0.974. The Bertz CT molecular complexity index is 450. The summed E-state index contributed by atoms with van der Waals surface area (Å²) >= 11 is 5.78. The van der Waals surface area contributed by atoms with Gasteiger partial charge in [-0.25, -0.2) is 0 Å². The van der Waals surface area contributed by atoms with Gasteiger partial charge in [0, 0.05) is 19.0 Å². The van der Waals surface area contributed by atoms with Crippen molar-refractivity contribution in [3.05, 3.63) is 12.4 Å². The lowest BCUT2D eigenvalue weighted by molar-refractivity contribution is 0.736. The molecule has 0 atom stereocenters. The molecule has 86 valence electrons. The molecule has 2 aromatic rings. The van der Waals surface area contributed by atoms with Gasteiger partial charge in [-0.05, 0) is 16.8 Å². The van der Waals surface area contributed by atoms with E-state index in [1.165, 1.54) is 0 Å². The second kappa shape index (κ2) is 5.07. The van der Waals surface area contributed by atoms with Crippen LogP contribution in [0.2, 0.25) is 0 Å². The summed E-state index contributed by atoms with van der Waals surface area (Å²) in [6.07, 6.45) is 4.43. The summed E-state index contributed by atoms with van der Waals surface area (Å²) in [5.41, 5.74) is 0.646. The third-order valence-corrected chi connectivity index (χ3v) is 2.43. The van der Waals surface area contributed by atoms with Gasteiger partial charge in [-0.15, -0.1) is 16.7 Å². The number of rotatable bonds is 5. The van der Waals surface area contributed by atoms with Crippen LogP contribution in [-0.4, -0.2) is 44.0 Å². The highest BCUT2D eigenvalue weighted by Crippen LogP contribution is 2.13. The Kier molecular flexibility index (Phi) is 3.51. The van der Waals surface area contributed by atoms with E-state index >= 15 is 0 Å². The molecule has 0 aliphatic carbocycles. The highest BCUT2D eigenvalue weighted by molar-refractivity contribution is 6.18. The minimum Gasteiger partial charge on any atom is -0.354 e. The first-order chi connectivity index (χ1) is 7.86. The van der Waals surface area contributed by atoms with Gasteiger partial charge in [-0.1, -0.05) is 6.92 Å². The molecule has 0 amide bonds. The molecule has 0 bridgehead atoms. The van der Waals surface area contributed by atoms with Crippen molar-refractivity contribution in [2.45, 2.75) is 13.3 Å². The SMILES string of the molecule is CCCN(CCCl)c1cncc2nnnn12. The van der Waals surface area contributed by atoms with Gasteiger partial charge >= 0.3 is 0 Å². The van der Waals surface area contributed by atoms with Crippen LogP contribution in [0.25, 0.3) is 5.65 Å². The molecule has 0 saturated carbocycles. The van der Waals surface area contributed by atoms with Crippen LogP contribution >= 0.6 is 11.6 Å². The summed E-state index contributed by atoms with van der Waals surface area (Å²) in [4.78, 5) is 6.25. The average molecular weight is 241 g/mol. The third-order valence-electron chi connectivity index (χ3n) is 2.26. The van der Waals surface area contributed by atoms with Crippen LogP contribution in [0, 0.1) is 0 Å². The Labute approximate surface area is 98.2 Å². The highest BCUT2D eigenvalue weighted by atomic mass is 35.5. The van der Waals surface area contributed by atoms with Crippen molar-refractivity contribution in [3.63, 3.8) is 0 Å². The van der Waals surface area contributed by atoms with Gasteiger partial charge in [-0.3, -0.25) is 4.98 Å². The summed E-state index contributed by atoms with van der Waals surface area (Å²) in [6, 6.07) is 0. The van der Waals surface area contributed by atoms with E-state index < -0.39 is 0 Å². The minimum absolute atomic E-state index is 0.568. The number of aromatic nitrogens is 5. The number of hydrogen-bond donors (Lipinski definition) is 0. The fraction of sp³-hybridized carbons (Fsp3) is 0.556. The lowest BCUT2D eigenvalue weighted by atomic mass is 10.4. The van der Waals surface area contributed by atoms with Crippen molar-refractivity contribution in [3.8, 4) is 0 Å². The molecule has 0 spiro atoms. The van der Waals surface area contributed by atoms with E-state index in [9.17, 15) is 0 Å². The van der Waals surface area contributed by atoms with Crippen LogP contribution in [-0.2, 0) is 0 Å². The molecule has 0 aliphatic heterocycles. The second-order valence-electron chi connectivity index (χ2n) is 3.39. The van der Waals surface area contributed by atoms with Gasteiger partial charge in [-0.2, -0.15) is 4.52 Å². The predicted molar refractivity (Wildman–Crippen MR) is 61.8 cm³/mol. The Morgan fingerprint density at radius 1 is 1.38 bits per heavy atom. The fourth-order valence-electron chi connectivity index (χ4n) is 1.59. The molecular formula is C9H13ClN6. The van der Waals surface area contributed by atoms with Crippen LogP contribution < -0.4 is 4.90 Å². The zero-order valence-corrected chi connectivity index (χ0v) is 9.80. The third kappa shape index (κ3) is 2.06. The minimum atomic E-state index is 0.568. The van der Waals surface area contributed by atoms with Gasteiger partial charge in [0.15, 0.2) is 11.5 Å². The van der Waals surface area contributed by atoms with Crippen molar-refractivity contribution in [1.29, 1.82) is 0 Å². The molecule has 0 aliphatic rings. The van der Waals surface area contributed by atoms with E-state index in [4.69, 9.17) is 11.6 Å². The monoisotopic (exact) mass is 240 g/mol. The maximum absolute atomic E-state index is 5.78. The molecule has 0 N–H and O–H groups in total. The molecule has 2 aromatic heterocycles. The van der Waals surface area contributed by atoms with E-state index in [-0.39, 0.29) is 0 Å². The van der Waals surface area contributed by atoms with Crippen LogP contribution in [0.3, 0.4) is 0 Å².